The fraction of sp³-hybridized carbons (Fsp3) is 0.889. The quantitative estimate of drug-likeness (QED) is 0.376. The molecule has 0 saturated carbocycles. The van der Waals surface area contributed by atoms with Gasteiger partial charge < -0.3 is 9.47 Å². The molecule has 1 fully saturated rings. The van der Waals surface area contributed by atoms with Crippen LogP contribution >= 0.6 is 0 Å². The summed E-state index contributed by atoms with van der Waals surface area (Å²) in [5.74, 6) is 4.85. The van der Waals surface area contributed by atoms with E-state index in [0.717, 1.165) is 13.0 Å². The SMILES string of the molecule is CC(C)(COC1CCOC1)C(=O)NN. The highest BCUT2D eigenvalue weighted by Gasteiger charge is 2.29. The lowest BCUT2D eigenvalue weighted by Gasteiger charge is -2.23. The van der Waals surface area contributed by atoms with E-state index < -0.39 is 5.41 Å². The van der Waals surface area contributed by atoms with Crippen molar-refractivity contribution in [1.29, 1.82) is 0 Å². The number of hydrogen-bond acceptors (Lipinski definition) is 4. The third-order valence-electron chi connectivity index (χ3n) is 2.31. The molecule has 1 unspecified atom stereocenters. The Morgan fingerprint density at radius 1 is 1.71 bits per heavy atom. The number of hydrazine groups is 1. The molecule has 1 rings (SSSR count). The lowest BCUT2D eigenvalue weighted by molar-refractivity contribution is -0.134. The van der Waals surface area contributed by atoms with Gasteiger partial charge in [-0.05, 0) is 20.3 Å². The van der Waals surface area contributed by atoms with Crippen LogP contribution in [0, 0.1) is 5.41 Å². The predicted molar refractivity (Wildman–Crippen MR) is 51.3 cm³/mol. The molecule has 5 heteroatoms. The normalized spacial score (nSPS) is 22.4. The van der Waals surface area contributed by atoms with Crippen molar-refractivity contribution in [2.45, 2.75) is 26.4 Å². The van der Waals surface area contributed by atoms with E-state index in [-0.39, 0.29) is 12.0 Å². The average Bonchev–Trinajstić information content (AvgIpc) is 2.66. The van der Waals surface area contributed by atoms with Crippen LogP contribution in [0.3, 0.4) is 0 Å². The molecule has 1 saturated heterocycles. The minimum absolute atomic E-state index is 0.125. The minimum atomic E-state index is -0.586. The van der Waals surface area contributed by atoms with E-state index in [1.807, 2.05) is 0 Å². The monoisotopic (exact) mass is 202 g/mol. The number of nitrogens with two attached hydrogens (primary N) is 1. The maximum absolute atomic E-state index is 11.3. The molecule has 0 spiro atoms. The molecule has 1 aliphatic rings. The smallest absolute Gasteiger partial charge is 0.241 e. The molecule has 3 N–H and O–H groups in total. The summed E-state index contributed by atoms with van der Waals surface area (Å²) < 4.78 is 10.7. The molecular weight excluding hydrogens is 184 g/mol. The molecule has 1 amide bonds. The molecule has 1 aliphatic heterocycles. The maximum atomic E-state index is 11.3. The highest BCUT2D eigenvalue weighted by molar-refractivity contribution is 5.81. The van der Waals surface area contributed by atoms with E-state index in [4.69, 9.17) is 15.3 Å². The lowest BCUT2D eigenvalue weighted by atomic mass is 9.94. The van der Waals surface area contributed by atoms with Gasteiger partial charge in [0, 0.05) is 6.61 Å². The summed E-state index contributed by atoms with van der Waals surface area (Å²) in [4.78, 5) is 11.3. The number of amides is 1. The Balaban J connectivity index is 2.31. The molecule has 0 aromatic carbocycles. The van der Waals surface area contributed by atoms with E-state index in [0.29, 0.717) is 13.2 Å². The Labute approximate surface area is 83.9 Å². The lowest BCUT2D eigenvalue weighted by Crippen LogP contribution is -2.44. The van der Waals surface area contributed by atoms with Gasteiger partial charge in [0.2, 0.25) is 5.91 Å². The zero-order chi connectivity index (χ0) is 10.6. The van der Waals surface area contributed by atoms with E-state index in [9.17, 15) is 4.79 Å². The number of carbonyl (C=O) groups is 1. The summed E-state index contributed by atoms with van der Waals surface area (Å²) >= 11 is 0. The number of hydrogen-bond donors (Lipinski definition) is 2. The first-order valence-corrected chi connectivity index (χ1v) is 4.76. The van der Waals surface area contributed by atoms with Crippen LogP contribution in [0.15, 0.2) is 0 Å². The van der Waals surface area contributed by atoms with Crippen LogP contribution in [-0.2, 0) is 14.3 Å². The van der Waals surface area contributed by atoms with Gasteiger partial charge in [0.05, 0.1) is 24.7 Å². The summed E-state index contributed by atoms with van der Waals surface area (Å²) in [6.07, 6.45) is 1.03. The highest BCUT2D eigenvalue weighted by atomic mass is 16.5. The van der Waals surface area contributed by atoms with Gasteiger partial charge in [0.1, 0.15) is 0 Å². The van der Waals surface area contributed by atoms with Gasteiger partial charge in [0.25, 0.3) is 0 Å². The van der Waals surface area contributed by atoms with Crippen molar-refractivity contribution in [1.82, 2.24) is 5.43 Å². The molecule has 0 aromatic rings. The van der Waals surface area contributed by atoms with Gasteiger partial charge in [-0.15, -0.1) is 0 Å². The summed E-state index contributed by atoms with van der Waals surface area (Å²) in [5, 5.41) is 0. The van der Waals surface area contributed by atoms with Crippen molar-refractivity contribution in [2.24, 2.45) is 11.3 Å². The molecular formula is C9H18N2O3. The Morgan fingerprint density at radius 2 is 2.43 bits per heavy atom. The van der Waals surface area contributed by atoms with Crippen molar-refractivity contribution in [3.05, 3.63) is 0 Å². The maximum Gasteiger partial charge on any atom is 0.241 e. The molecule has 1 atom stereocenters. The molecule has 5 nitrogen and oxygen atoms in total. The standard InChI is InChI=1S/C9H18N2O3/c1-9(2,8(12)11-10)6-14-7-3-4-13-5-7/h7H,3-6,10H2,1-2H3,(H,11,12). The Morgan fingerprint density at radius 3 is 2.93 bits per heavy atom. The minimum Gasteiger partial charge on any atom is -0.379 e. The van der Waals surface area contributed by atoms with Gasteiger partial charge in [-0.3, -0.25) is 10.2 Å². The van der Waals surface area contributed by atoms with Gasteiger partial charge >= 0.3 is 0 Å². The van der Waals surface area contributed by atoms with E-state index in [1.54, 1.807) is 13.8 Å². The number of ether oxygens (including phenoxy) is 2. The fourth-order valence-electron chi connectivity index (χ4n) is 1.23. The Kier molecular flexibility index (Phi) is 3.86. The molecule has 0 aliphatic carbocycles. The molecule has 0 radical (unpaired) electrons. The van der Waals surface area contributed by atoms with Crippen LogP contribution in [0.25, 0.3) is 0 Å². The summed E-state index contributed by atoms with van der Waals surface area (Å²) in [6, 6.07) is 0. The van der Waals surface area contributed by atoms with E-state index in [2.05, 4.69) is 5.43 Å². The zero-order valence-corrected chi connectivity index (χ0v) is 8.71. The second-order valence-electron chi connectivity index (χ2n) is 4.15. The van der Waals surface area contributed by atoms with Crippen LogP contribution in [-0.4, -0.2) is 31.8 Å². The van der Waals surface area contributed by atoms with Crippen molar-refractivity contribution in [3.8, 4) is 0 Å². The number of nitrogens with one attached hydrogen (secondary N) is 1. The van der Waals surface area contributed by atoms with Crippen LogP contribution in [0.4, 0.5) is 0 Å². The zero-order valence-electron chi connectivity index (χ0n) is 8.71. The highest BCUT2D eigenvalue weighted by Crippen LogP contribution is 2.18. The van der Waals surface area contributed by atoms with Crippen LogP contribution in [0.2, 0.25) is 0 Å². The summed E-state index contributed by atoms with van der Waals surface area (Å²) in [7, 11) is 0. The Bertz CT molecular complexity index is 200. The molecule has 0 bridgehead atoms. The van der Waals surface area contributed by atoms with Crippen molar-refractivity contribution in [2.75, 3.05) is 19.8 Å². The van der Waals surface area contributed by atoms with Gasteiger partial charge in [-0.25, -0.2) is 5.84 Å². The summed E-state index contributed by atoms with van der Waals surface area (Å²) in [6.45, 7) is 5.33. The topological polar surface area (TPSA) is 73.6 Å². The van der Waals surface area contributed by atoms with Crippen LogP contribution in [0.5, 0.6) is 0 Å². The number of carbonyl (C=O) groups excluding carboxylic acids is 1. The van der Waals surface area contributed by atoms with Crippen LogP contribution < -0.4 is 11.3 Å². The summed E-state index contributed by atoms with van der Waals surface area (Å²) in [5.41, 5.74) is 1.54. The molecule has 0 aromatic heterocycles. The van der Waals surface area contributed by atoms with Crippen molar-refractivity contribution in [3.63, 3.8) is 0 Å². The van der Waals surface area contributed by atoms with E-state index in [1.165, 1.54) is 0 Å². The second-order valence-corrected chi connectivity index (χ2v) is 4.15. The van der Waals surface area contributed by atoms with Crippen molar-refractivity contribution >= 4 is 5.91 Å². The second kappa shape index (κ2) is 4.72. The third kappa shape index (κ3) is 2.94. The first kappa shape index (κ1) is 11.4. The van der Waals surface area contributed by atoms with Crippen LogP contribution in [0.1, 0.15) is 20.3 Å². The number of rotatable bonds is 4. The third-order valence-corrected chi connectivity index (χ3v) is 2.31. The molecule has 1 heterocycles. The van der Waals surface area contributed by atoms with Gasteiger partial charge in [-0.1, -0.05) is 0 Å². The van der Waals surface area contributed by atoms with Gasteiger partial charge in [-0.2, -0.15) is 0 Å². The van der Waals surface area contributed by atoms with E-state index >= 15 is 0 Å². The largest absolute Gasteiger partial charge is 0.379 e. The Hall–Kier alpha value is -0.650. The first-order valence-electron chi connectivity index (χ1n) is 4.76. The van der Waals surface area contributed by atoms with Crippen molar-refractivity contribution < 1.29 is 14.3 Å². The van der Waals surface area contributed by atoms with Gasteiger partial charge in [0.15, 0.2) is 0 Å². The molecule has 14 heavy (non-hydrogen) atoms. The first-order chi connectivity index (χ1) is 6.56. The average molecular weight is 202 g/mol. The molecule has 82 valence electrons. The predicted octanol–water partition coefficient (Wildman–Crippen LogP) is -0.192. The fourth-order valence-corrected chi connectivity index (χ4v) is 1.23.